The normalized spacial score (nSPS) is 10.9. The van der Waals surface area contributed by atoms with Gasteiger partial charge in [0.1, 0.15) is 0 Å². The number of aromatic nitrogens is 4. The molecular formula is C27H22N4O2S. The maximum absolute atomic E-state index is 12.8. The molecule has 0 radical (unpaired) electrons. The van der Waals surface area contributed by atoms with Crippen molar-refractivity contribution >= 4 is 17.7 Å². The van der Waals surface area contributed by atoms with Gasteiger partial charge in [-0.2, -0.15) is 0 Å². The lowest BCUT2D eigenvalue weighted by atomic mass is 9.94. The minimum absolute atomic E-state index is 0.347. The Labute approximate surface area is 201 Å². The third-order valence-electron chi connectivity index (χ3n) is 5.70. The predicted octanol–water partition coefficient (Wildman–Crippen LogP) is 5.90. The molecule has 34 heavy (non-hydrogen) atoms. The summed E-state index contributed by atoms with van der Waals surface area (Å²) in [4.78, 5) is 21.9. The van der Waals surface area contributed by atoms with E-state index in [1.807, 2.05) is 58.1 Å². The van der Waals surface area contributed by atoms with Gasteiger partial charge >= 0.3 is 5.97 Å². The first-order chi connectivity index (χ1) is 16.7. The van der Waals surface area contributed by atoms with Crippen LogP contribution in [0.3, 0.4) is 0 Å². The first-order valence-electron chi connectivity index (χ1n) is 10.7. The highest BCUT2D eigenvalue weighted by Gasteiger charge is 2.20. The van der Waals surface area contributed by atoms with Crippen molar-refractivity contribution in [1.82, 2.24) is 19.1 Å². The summed E-state index contributed by atoms with van der Waals surface area (Å²) in [6.45, 7) is 0. The number of benzene rings is 3. The van der Waals surface area contributed by atoms with Crippen LogP contribution < -0.4 is 0 Å². The number of methoxy groups -OCH3 is 1. The monoisotopic (exact) mass is 466 g/mol. The van der Waals surface area contributed by atoms with Gasteiger partial charge in [-0.3, -0.25) is 0 Å². The second-order valence-corrected chi connectivity index (χ2v) is 8.47. The maximum Gasteiger partial charge on any atom is 0.339 e. The summed E-state index contributed by atoms with van der Waals surface area (Å²) in [5.41, 5.74) is 6.48. The third-order valence-corrected chi connectivity index (χ3v) is 6.46. The van der Waals surface area contributed by atoms with Crippen molar-refractivity contribution < 1.29 is 9.53 Å². The number of nitrogens with zero attached hydrogens (tertiary/aromatic N) is 4. The number of esters is 1. The zero-order valence-corrected chi connectivity index (χ0v) is 19.6. The Morgan fingerprint density at radius 1 is 0.794 bits per heavy atom. The molecule has 0 unspecified atom stereocenters. The lowest BCUT2D eigenvalue weighted by Crippen LogP contribution is -2.06. The van der Waals surface area contributed by atoms with Crippen LogP contribution >= 0.6 is 11.8 Å². The van der Waals surface area contributed by atoms with Crippen molar-refractivity contribution in [3.63, 3.8) is 0 Å². The standard InChI is InChI=1S/C27H22N4O2S/c1-33-27(32)26-24(20-5-9-23(10-6-20)31-14-12-29-18-31)15-21(16-25(26)34-2)19-3-7-22(8-4-19)30-13-11-28-17-30/h3-18H,1-2H3. The Hall–Kier alpha value is -4.10. The number of rotatable bonds is 6. The Bertz CT molecular complexity index is 1410. The van der Waals surface area contributed by atoms with Crippen molar-refractivity contribution in [3.8, 4) is 33.6 Å². The molecule has 0 saturated heterocycles. The predicted molar refractivity (Wildman–Crippen MR) is 135 cm³/mol. The van der Waals surface area contributed by atoms with Gasteiger partial charge in [-0.1, -0.05) is 24.3 Å². The lowest BCUT2D eigenvalue weighted by Gasteiger charge is -2.16. The van der Waals surface area contributed by atoms with E-state index in [1.165, 1.54) is 18.9 Å². The molecule has 0 spiro atoms. The summed E-state index contributed by atoms with van der Waals surface area (Å²) in [5.74, 6) is -0.347. The van der Waals surface area contributed by atoms with Gasteiger partial charge in [0.15, 0.2) is 0 Å². The van der Waals surface area contributed by atoms with Gasteiger partial charge in [0.05, 0.1) is 25.3 Å². The van der Waals surface area contributed by atoms with E-state index in [-0.39, 0.29) is 5.97 Å². The van der Waals surface area contributed by atoms with Crippen LogP contribution in [0, 0.1) is 0 Å². The van der Waals surface area contributed by atoms with E-state index in [1.54, 1.807) is 25.0 Å². The smallest absolute Gasteiger partial charge is 0.339 e. The summed E-state index contributed by atoms with van der Waals surface area (Å²) in [7, 11) is 1.42. The average molecular weight is 467 g/mol. The summed E-state index contributed by atoms with van der Waals surface area (Å²) >= 11 is 1.53. The maximum atomic E-state index is 12.8. The minimum Gasteiger partial charge on any atom is -0.465 e. The molecule has 0 bridgehead atoms. The fourth-order valence-corrected chi connectivity index (χ4v) is 4.59. The topological polar surface area (TPSA) is 61.9 Å². The van der Waals surface area contributed by atoms with Crippen LogP contribution in [0.5, 0.6) is 0 Å². The molecule has 0 saturated carbocycles. The van der Waals surface area contributed by atoms with Gasteiger partial charge in [0.25, 0.3) is 0 Å². The third kappa shape index (κ3) is 4.13. The average Bonchev–Trinajstić information content (AvgIpc) is 3.63. The number of imidazole rings is 2. The van der Waals surface area contributed by atoms with E-state index in [0.717, 1.165) is 38.5 Å². The second kappa shape index (κ2) is 9.41. The number of hydrogen-bond donors (Lipinski definition) is 0. The number of hydrogen-bond acceptors (Lipinski definition) is 5. The highest BCUT2D eigenvalue weighted by atomic mass is 32.2. The zero-order valence-electron chi connectivity index (χ0n) is 18.8. The molecule has 0 N–H and O–H groups in total. The first-order valence-corrected chi connectivity index (χ1v) is 11.9. The van der Waals surface area contributed by atoms with Crippen LogP contribution in [0.2, 0.25) is 0 Å². The van der Waals surface area contributed by atoms with E-state index in [0.29, 0.717) is 5.56 Å². The van der Waals surface area contributed by atoms with E-state index in [2.05, 4.69) is 40.3 Å². The molecule has 0 fully saturated rings. The van der Waals surface area contributed by atoms with E-state index >= 15 is 0 Å². The van der Waals surface area contributed by atoms with Crippen LogP contribution in [0.1, 0.15) is 10.4 Å². The number of thioether (sulfide) groups is 1. The minimum atomic E-state index is -0.347. The second-order valence-electron chi connectivity index (χ2n) is 7.63. The van der Waals surface area contributed by atoms with Gasteiger partial charge in [0, 0.05) is 41.1 Å². The first kappa shape index (κ1) is 21.7. The zero-order chi connectivity index (χ0) is 23.5. The largest absolute Gasteiger partial charge is 0.465 e. The van der Waals surface area contributed by atoms with Crippen molar-refractivity contribution in [3.05, 3.63) is 104 Å². The van der Waals surface area contributed by atoms with Gasteiger partial charge in [0.2, 0.25) is 0 Å². The van der Waals surface area contributed by atoms with Gasteiger partial charge < -0.3 is 13.9 Å². The molecule has 0 aliphatic heterocycles. The van der Waals surface area contributed by atoms with Crippen LogP contribution in [-0.4, -0.2) is 38.4 Å². The molecule has 3 aromatic carbocycles. The molecule has 6 nitrogen and oxygen atoms in total. The summed E-state index contributed by atoms with van der Waals surface area (Å²) in [5, 5.41) is 0. The van der Waals surface area contributed by atoms with E-state index in [4.69, 9.17) is 4.74 Å². The van der Waals surface area contributed by atoms with Crippen molar-refractivity contribution in [2.24, 2.45) is 0 Å². The Balaban J connectivity index is 1.61. The molecule has 7 heteroatoms. The highest BCUT2D eigenvalue weighted by Crippen LogP contribution is 2.37. The summed E-state index contributed by atoms with van der Waals surface area (Å²) in [6.07, 6.45) is 12.8. The lowest BCUT2D eigenvalue weighted by molar-refractivity contribution is 0.0598. The summed E-state index contributed by atoms with van der Waals surface area (Å²) in [6, 6.07) is 20.5. The molecule has 0 aliphatic rings. The van der Waals surface area contributed by atoms with E-state index < -0.39 is 0 Å². The molecule has 168 valence electrons. The molecule has 0 atom stereocenters. The van der Waals surface area contributed by atoms with Crippen molar-refractivity contribution in [2.75, 3.05) is 13.4 Å². The Kier molecular flexibility index (Phi) is 6.01. The highest BCUT2D eigenvalue weighted by molar-refractivity contribution is 7.98. The molecule has 2 heterocycles. The van der Waals surface area contributed by atoms with Crippen molar-refractivity contribution in [1.29, 1.82) is 0 Å². The molecule has 0 aliphatic carbocycles. The van der Waals surface area contributed by atoms with Gasteiger partial charge in [-0.05, 0) is 64.9 Å². The van der Waals surface area contributed by atoms with Crippen LogP contribution in [-0.2, 0) is 4.74 Å². The van der Waals surface area contributed by atoms with Crippen LogP contribution in [0.4, 0.5) is 0 Å². The quantitative estimate of drug-likeness (QED) is 0.230. The van der Waals surface area contributed by atoms with Crippen molar-refractivity contribution in [2.45, 2.75) is 4.90 Å². The SMILES string of the molecule is COC(=O)c1c(SC)cc(-c2ccc(-n3ccnc3)cc2)cc1-c1ccc(-n2ccnc2)cc1. The Morgan fingerprint density at radius 2 is 1.35 bits per heavy atom. The molecule has 0 amide bonds. The molecule has 5 aromatic rings. The molecule has 2 aromatic heterocycles. The number of carbonyl (C=O) groups is 1. The number of carbonyl (C=O) groups excluding carboxylic acids is 1. The Morgan fingerprint density at radius 3 is 1.82 bits per heavy atom. The van der Waals surface area contributed by atoms with E-state index in [9.17, 15) is 4.79 Å². The molecule has 5 rings (SSSR count). The fourth-order valence-electron chi connectivity index (χ4n) is 3.95. The summed E-state index contributed by atoms with van der Waals surface area (Å²) < 4.78 is 9.06. The van der Waals surface area contributed by atoms with Crippen LogP contribution in [0.15, 0.2) is 103 Å². The van der Waals surface area contributed by atoms with Gasteiger partial charge in [-0.25, -0.2) is 14.8 Å². The fraction of sp³-hybridized carbons (Fsp3) is 0.0741. The van der Waals surface area contributed by atoms with Crippen LogP contribution in [0.25, 0.3) is 33.6 Å². The molecular weight excluding hydrogens is 444 g/mol. The number of ether oxygens (including phenoxy) is 1. The van der Waals surface area contributed by atoms with Gasteiger partial charge in [-0.15, -0.1) is 11.8 Å².